The molecule has 3 nitrogen and oxygen atoms in total. The molecule has 22 heavy (non-hydrogen) atoms. The fourth-order valence-corrected chi connectivity index (χ4v) is 5.72. The van der Waals surface area contributed by atoms with Crippen molar-refractivity contribution in [2.45, 2.75) is 50.6 Å². The zero-order valence-corrected chi connectivity index (χ0v) is 12.7. The van der Waals surface area contributed by atoms with Gasteiger partial charge in [-0.3, -0.25) is 0 Å². The number of nitrogens with one attached hydrogen (secondary N) is 2. The number of hydrogen-bond donors (Lipinski definition) is 2. The summed E-state index contributed by atoms with van der Waals surface area (Å²) in [7, 11) is 0. The third-order valence-corrected chi connectivity index (χ3v) is 6.16. The lowest BCUT2D eigenvalue weighted by Crippen LogP contribution is -2.58. The number of nitrogens with zero attached hydrogens (tertiary/aromatic N) is 1. The van der Waals surface area contributed by atoms with Crippen LogP contribution in [0, 0.1) is 23.6 Å². The Balaban J connectivity index is 1.35. The number of rotatable bonds is 3. The van der Waals surface area contributed by atoms with Gasteiger partial charge < -0.3 is 10.3 Å². The number of imidazole rings is 1. The Kier molecular flexibility index (Phi) is 2.70. The minimum Gasteiger partial charge on any atom is -0.341 e. The van der Waals surface area contributed by atoms with Gasteiger partial charge in [0.2, 0.25) is 0 Å². The van der Waals surface area contributed by atoms with E-state index in [1.165, 1.54) is 50.7 Å². The predicted molar refractivity (Wildman–Crippen MR) is 83.8 cm³/mol. The molecule has 0 aliphatic heterocycles. The Bertz CT molecular complexity index is 685. The SMILES string of the molecule is Fc1ccc2nc(CNC34CC5CC(CC(C5)C3)C4)[nH]c2c1. The number of fused-ring (bicyclic) bond motifs is 1. The van der Waals surface area contributed by atoms with Crippen molar-refractivity contribution in [1.82, 2.24) is 15.3 Å². The summed E-state index contributed by atoms with van der Waals surface area (Å²) >= 11 is 0. The highest BCUT2D eigenvalue weighted by Gasteiger charge is 2.50. The lowest BCUT2D eigenvalue weighted by atomic mass is 9.53. The van der Waals surface area contributed by atoms with E-state index in [9.17, 15) is 4.39 Å². The lowest BCUT2D eigenvalue weighted by Gasteiger charge is -2.57. The van der Waals surface area contributed by atoms with Gasteiger partial charge in [-0.1, -0.05) is 0 Å². The molecule has 0 atom stereocenters. The highest BCUT2D eigenvalue weighted by atomic mass is 19.1. The Morgan fingerprint density at radius 3 is 2.50 bits per heavy atom. The Morgan fingerprint density at radius 1 is 1.14 bits per heavy atom. The van der Waals surface area contributed by atoms with Gasteiger partial charge in [0.15, 0.2) is 0 Å². The first kappa shape index (κ1) is 13.1. The molecule has 0 unspecified atom stereocenters. The maximum atomic E-state index is 13.3. The van der Waals surface area contributed by atoms with Gasteiger partial charge in [0.05, 0.1) is 17.6 Å². The van der Waals surface area contributed by atoms with Crippen LogP contribution in [0.15, 0.2) is 18.2 Å². The van der Waals surface area contributed by atoms with E-state index >= 15 is 0 Å². The summed E-state index contributed by atoms with van der Waals surface area (Å²) < 4.78 is 13.3. The molecule has 4 aliphatic rings. The number of hydrogen-bond acceptors (Lipinski definition) is 2. The van der Waals surface area contributed by atoms with E-state index in [-0.39, 0.29) is 5.82 Å². The van der Waals surface area contributed by atoms with Crippen LogP contribution in [-0.2, 0) is 6.54 Å². The molecular formula is C18H22FN3. The van der Waals surface area contributed by atoms with Crippen LogP contribution in [-0.4, -0.2) is 15.5 Å². The van der Waals surface area contributed by atoms with Crippen LogP contribution < -0.4 is 5.32 Å². The second-order valence-corrected chi connectivity index (χ2v) is 7.90. The van der Waals surface area contributed by atoms with Crippen LogP contribution in [0.1, 0.15) is 44.3 Å². The molecule has 0 radical (unpaired) electrons. The summed E-state index contributed by atoms with van der Waals surface area (Å²) in [6.45, 7) is 0.766. The average molecular weight is 299 g/mol. The Morgan fingerprint density at radius 2 is 1.82 bits per heavy atom. The van der Waals surface area contributed by atoms with Crippen molar-refractivity contribution in [3.8, 4) is 0 Å². The summed E-state index contributed by atoms with van der Waals surface area (Å²) in [5.41, 5.74) is 1.99. The number of aromatic amines is 1. The molecule has 116 valence electrons. The second kappa shape index (κ2) is 4.54. The fourth-order valence-electron chi connectivity index (χ4n) is 5.72. The molecule has 4 bridgehead atoms. The fraction of sp³-hybridized carbons (Fsp3) is 0.611. The van der Waals surface area contributed by atoms with Gasteiger partial charge in [0.25, 0.3) is 0 Å². The van der Waals surface area contributed by atoms with Gasteiger partial charge in [-0.15, -0.1) is 0 Å². The molecule has 4 saturated carbocycles. The summed E-state index contributed by atoms with van der Waals surface area (Å²) in [5, 5.41) is 3.83. The molecule has 2 aromatic rings. The molecule has 1 heterocycles. The van der Waals surface area contributed by atoms with E-state index in [4.69, 9.17) is 0 Å². The predicted octanol–water partition coefficient (Wildman–Crippen LogP) is 3.76. The molecular weight excluding hydrogens is 277 g/mol. The van der Waals surface area contributed by atoms with E-state index in [2.05, 4.69) is 15.3 Å². The maximum absolute atomic E-state index is 13.3. The lowest BCUT2D eigenvalue weighted by molar-refractivity contribution is -0.0208. The van der Waals surface area contributed by atoms with Crippen LogP contribution in [0.4, 0.5) is 4.39 Å². The van der Waals surface area contributed by atoms with Gasteiger partial charge in [-0.25, -0.2) is 9.37 Å². The summed E-state index contributed by atoms with van der Waals surface area (Å²) in [6, 6.07) is 4.74. The van der Waals surface area contributed by atoms with Crippen LogP contribution in [0.25, 0.3) is 11.0 Å². The first-order chi connectivity index (χ1) is 10.7. The number of benzene rings is 1. The number of H-pyrrole nitrogens is 1. The third-order valence-electron chi connectivity index (χ3n) is 6.16. The zero-order valence-electron chi connectivity index (χ0n) is 12.7. The molecule has 0 spiro atoms. The molecule has 1 aromatic carbocycles. The molecule has 0 saturated heterocycles. The molecule has 4 fully saturated rings. The van der Waals surface area contributed by atoms with Crippen molar-refractivity contribution in [1.29, 1.82) is 0 Å². The average Bonchev–Trinajstić information content (AvgIpc) is 2.86. The smallest absolute Gasteiger partial charge is 0.125 e. The standard InChI is InChI=1S/C18H22FN3/c19-14-1-2-15-16(6-14)22-17(21-15)10-20-18-7-11-3-12(8-18)5-13(4-11)9-18/h1-2,6,11-13,20H,3-5,7-10H2,(H,21,22). The maximum Gasteiger partial charge on any atom is 0.125 e. The first-order valence-electron chi connectivity index (χ1n) is 8.57. The van der Waals surface area contributed by atoms with Crippen LogP contribution in [0.3, 0.4) is 0 Å². The van der Waals surface area contributed by atoms with Gasteiger partial charge in [-0.2, -0.15) is 0 Å². The third kappa shape index (κ3) is 2.08. The second-order valence-electron chi connectivity index (χ2n) is 7.90. The van der Waals surface area contributed by atoms with E-state index in [1.807, 2.05) is 0 Å². The van der Waals surface area contributed by atoms with Gasteiger partial charge in [-0.05, 0) is 74.5 Å². The highest BCUT2D eigenvalue weighted by Crippen LogP contribution is 2.55. The van der Waals surface area contributed by atoms with Gasteiger partial charge >= 0.3 is 0 Å². The summed E-state index contributed by atoms with van der Waals surface area (Å²) in [6.07, 6.45) is 8.41. The van der Waals surface area contributed by atoms with Gasteiger partial charge in [0, 0.05) is 5.54 Å². The van der Waals surface area contributed by atoms with Crippen molar-refractivity contribution in [3.63, 3.8) is 0 Å². The molecule has 6 rings (SSSR count). The largest absolute Gasteiger partial charge is 0.341 e. The van der Waals surface area contributed by atoms with Crippen LogP contribution in [0.2, 0.25) is 0 Å². The zero-order chi connectivity index (χ0) is 14.7. The molecule has 2 N–H and O–H groups in total. The quantitative estimate of drug-likeness (QED) is 0.906. The van der Waals surface area contributed by atoms with Crippen molar-refractivity contribution < 1.29 is 4.39 Å². The topological polar surface area (TPSA) is 40.7 Å². The van der Waals surface area contributed by atoms with Crippen molar-refractivity contribution in [2.75, 3.05) is 0 Å². The first-order valence-corrected chi connectivity index (χ1v) is 8.57. The van der Waals surface area contributed by atoms with Crippen molar-refractivity contribution >= 4 is 11.0 Å². The molecule has 1 aromatic heterocycles. The van der Waals surface area contributed by atoms with E-state index in [1.54, 1.807) is 6.07 Å². The number of halogens is 1. The van der Waals surface area contributed by atoms with E-state index in [0.717, 1.165) is 41.2 Å². The Labute approximate surface area is 129 Å². The van der Waals surface area contributed by atoms with Crippen LogP contribution >= 0.6 is 0 Å². The minimum atomic E-state index is -0.211. The monoisotopic (exact) mass is 299 g/mol. The van der Waals surface area contributed by atoms with Crippen molar-refractivity contribution in [2.24, 2.45) is 17.8 Å². The minimum absolute atomic E-state index is 0.211. The van der Waals surface area contributed by atoms with E-state index < -0.39 is 0 Å². The summed E-state index contributed by atoms with van der Waals surface area (Å²) in [4.78, 5) is 7.84. The molecule has 4 aliphatic carbocycles. The van der Waals surface area contributed by atoms with Crippen molar-refractivity contribution in [3.05, 3.63) is 29.8 Å². The molecule has 4 heteroatoms. The van der Waals surface area contributed by atoms with E-state index in [0.29, 0.717) is 5.54 Å². The Hall–Kier alpha value is -1.42. The normalized spacial score (nSPS) is 36.3. The van der Waals surface area contributed by atoms with Gasteiger partial charge in [0.1, 0.15) is 11.6 Å². The number of aromatic nitrogens is 2. The summed E-state index contributed by atoms with van der Waals surface area (Å²) in [5.74, 6) is 3.56. The highest BCUT2D eigenvalue weighted by molar-refractivity contribution is 5.74. The molecule has 0 amide bonds. The van der Waals surface area contributed by atoms with Crippen LogP contribution in [0.5, 0.6) is 0 Å².